The average Bonchev–Trinajstić information content (AvgIpc) is 2.48. The number of anilines is 1. The maximum absolute atomic E-state index is 12.2. The average molecular weight is 361 g/mol. The highest BCUT2D eigenvalue weighted by molar-refractivity contribution is 7.89. The van der Waals surface area contributed by atoms with Gasteiger partial charge in [0.05, 0.1) is 21.5 Å². The molecule has 1 heterocycles. The molecule has 0 aliphatic heterocycles. The second-order valence-corrected chi connectivity index (χ2v) is 7.21. The van der Waals surface area contributed by atoms with Crippen molar-refractivity contribution >= 4 is 39.0 Å². The molecule has 1 aromatic heterocycles. The summed E-state index contributed by atoms with van der Waals surface area (Å²) in [7, 11) is -0.0390. The Hall–Kier alpha value is -1.41. The van der Waals surface area contributed by atoms with Gasteiger partial charge in [-0.3, -0.25) is 0 Å². The lowest BCUT2D eigenvalue weighted by Gasteiger charge is -2.12. The monoisotopic (exact) mass is 360 g/mol. The van der Waals surface area contributed by atoms with E-state index >= 15 is 0 Å². The fourth-order valence-electron chi connectivity index (χ4n) is 1.61. The van der Waals surface area contributed by atoms with Crippen molar-refractivity contribution in [3.63, 3.8) is 0 Å². The Morgan fingerprint density at radius 3 is 2.55 bits per heavy atom. The third-order valence-electron chi connectivity index (χ3n) is 2.77. The van der Waals surface area contributed by atoms with E-state index in [1.54, 1.807) is 17.2 Å². The molecule has 2 rings (SSSR count). The lowest BCUT2D eigenvalue weighted by molar-refractivity contribution is 0.579. The Bertz CT molecular complexity index is 781. The van der Waals surface area contributed by atoms with Crippen molar-refractivity contribution in [2.75, 3.05) is 19.0 Å². The topological polar surface area (TPSA) is 75.2 Å². The van der Waals surface area contributed by atoms with Gasteiger partial charge >= 0.3 is 0 Å². The van der Waals surface area contributed by atoms with Crippen molar-refractivity contribution in [1.82, 2.24) is 14.7 Å². The summed E-state index contributed by atoms with van der Waals surface area (Å²) < 4.78 is 26.8. The van der Waals surface area contributed by atoms with Gasteiger partial charge in [-0.25, -0.2) is 23.1 Å². The largest absolute Gasteiger partial charge is 0.363 e. The number of benzene rings is 1. The number of halogens is 2. The highest BCUT2D eigenvalue weighted by Gasteiger charge is 2.16. The maximum Gasteiger partial charge on any atom is 0.241 e. The van der Waals surface area contributed by atoms with Crippen molar-refractivity contribution in [3.8, 4) is 0 Å². The first-order valence-electron chi connectivity index (χ1n) is 6.23. The molecule has 9 heteroatoms. The van der Waals surface area contributed by atoms with E-state index in [0.717, 1.165) is 0 Å². The summed E-state index contributed by atoms with van der Waals surface area (Å²) in [5.74, 6) is 1.06. The van der Waals surface area contributed by atoms with Gasteiger partial charge < -0.3 is 4.90 Å². The molecule has 0 bridgehead atoms. The predicted molar refractivity (Wildman–Crippen MR) is 86.8 cm³/mol. The highest BCUT2D eigenvalue weighted by atomic mass is 35.5. The van der Waals surface area contributed by atoms with E-state index in [-0.39, 0.29) is 16.5 Å². The molecule has 0 fully saturated rings. The zero-order valence-corrected chi connectivity index (χ0v) is 14.2. The van der Waals surface area contributed by atoms with Gasteiger partial charge in [0.25, 0.3) is 0 Å². The lowest BCUT2D eigenvalue weighted by Crippen LogP contribution is -2.24. The Balaban J connectivity index is 2.16. The molecule has 0 aliphatic carbocycles. The van der Waals surface area contributed by atoms with Gasteiger partial charge in [0.2, 0.25) is 10.0 Å². The Kier molecular flexibility index (Phi) is 5.23. The van der Waals surface area contributed by atoms with Crippen LogP contribution in [0, 0.1) is 0 Å². The van der Waals surface area contributed by atoms with Crippen molar-refractivity contribution in [3.05, 3.63) is 46.3 Å². The van der Waals surface area contributed by atoms with Crippen LogP contribution < -0.4 is 9.62 Å². The van der Waals surface area contributed by atoms with Crippen LogP contribution in [0.3, 0.4) is 0 Å². The first kappa shape index (κ1) is 17.0. The molecule has 0 unspecified atom stereocenters. The summed E-state index contributed by atoms with van der Waals surface area (Å²) in [6, 6.07) is 5.84. The SMILES string of the molecule is CN(C)c1ccnc(CNS(=O)(=O)c2ccc(Cl)c(Cl)c2)n1. The van der Waals surface area contributed by atoms with Crippen LogP contribution in [0.1, 0.15) is 5.82 Å². The third kappa shape index (κ3) is 4.07. The molecular weight excluding hydrogens is 347 g/mol. The van der Waals surface area contributed by atoms with Crippen LogP contribution >= 0.6 is 23.2 Å². The van der Waals surface area contributed by atoms with Crippen molar-refractivity contribution in [2.45, 2.75) is 11.4 Å². The summed E-state index contributed by atoms with van der Waals surface area (Å²) in [5.41, 5.74) is 0. The molecule has 1 aromatic carbocycles. The minimum absolute atomic E-state index is 0.0236. The van der Waals surface area contributed by atoms with E-state index in [1.165, 1.54) is 18.2 Å². The minimum Gasteiger partial charge on any atom is -0.363 e. The number of hydrogen-bond acceptors (Lipinski definition) is 5. The van der Waals surface area contributed by atoms with Crippen LogP contribution in [0.4, 0.5) is 5.82 Å². The second kappa shape index (κ2) is 6.78. The van der Waals surface area contributed by atoms with E-state index in [2.05, 4.69) is 14.7 Å². The van der Waals surface area contributed by atoms with Gasteiger partial charge in [0, 0.05) is 20.3 Å². The van der Waals surface area contributed by atoms with E-state index in [9.17, 15) is 8.42 Å². The van der Waals surface area contributed by atoms with E-state index < -0.39 is 10.0 Å². The molecule has 0 aliphatic rings. The lowest BCUT2D eigenvalue weighted by atomic mass is 10.4. The predicted octanol–water partition coefficient (Wildman–Crippen LogP) is 2.33. The summed E-state index contributed by atoms with van der Waals surface area (Å²) in [4.78, 5) is 10.1. The number of nitrogens with one attached hydrogen (secondary N) is 1. The Morgan fingerprint density at radius 1 is 1.18 bits per heavy atom. The molecule has 0 spiro atoms. The van der Waals surface area contributed by atoms with Gasteiger partial charge in [0.1, 0.15) is 11.6 Å². The van der Waals surface area contributed by atoms with Crippen molar-refractivity contribution in [2.24, 2.45) is 0 Å². The number of rotatable bonds is 5. The molecule has 0 radical (unpaired) electrons. The summed E-state index contributed by atoms with van der Waals surface area (Å²) in [6.45, 7) is -0.0236. The van der Waals surface area contributed by atoms with Gasteiger partial charge in [-0.1, -0.05) is 23.2 Å². The molecule has 2 aromatic rings. The fourth-order valence-corrected chi connectivity index (χ4v) is 2.98. The van der Waals surface area contributed by atoms with Crippen LogP contribution in [0.15, 0.2) is 35.4 Å². The van der Waals surface area contributed by atoms with E-state index in [1.807, 2.05) is 14.1 Å². The molecule has 22 heavy (non-hydrogen) atoms. The minimum atomic E-state index is -3.72. The maximum atomic E-state index is 12.2. The molecule has 118 valence electrons. The zero-order valence-electron chi connectivity index (χ0n) is 11.9. The number of nitrogens with zero attached hydrogens (tertiary/aromatic N) is 3. The summed E-state index contributed by atoms with van der Waals surface area (Å²) >= 11 is 11.6. The van der Waals surface area contributed by atoms with Gasteiger partial charge in [-0.2, -0.15) is 0 Å². The molecule has 6 nitrogen and oxygen atoms in total. The first-order chi connectivity index (χ1) is 10.3. The van der Waals surface area contributed by atoms with Crippen LogP contribution in [0.2, 0.25) is 10.0 Å². The molecule has 1 N–H and O–H groups in total. The van der Waals surface area contributed by atoms with Gasteiger partial charge in [-0.05, 0) is 24.3 Å². The fraction of sp³-hybridized carbons (Fsp3) is 0.231. The molecule has 0 saturated carbocycles. The molecule has 0 saturated heterocycles. The van der Waals surface area contributed by atoms with Crippen molar-refractivity contribution < 1.29 is 8.42 Å². The van der Waals surface area contributed by atoms with Crippen LogP contribution in [-0.2, 0) is 16.6 Å². The summed E-state index contributed by atoms with van der Waals surface area (Å²) in [6.07, 6.45) is 1.57. The molecule has 0 amide bonds. The third-order valence-corrected chi connectivity index (χ3v) is 4.91. The zero-order chi connectivity index (χ0) is 16.3. The van der Waals surface area contributed by atoms with E-state index in [4.69, 9.17) is 23.2 Å². The first-order valence-corrected chi connectivity index (χ1v) is 8.47. The highest BCUT2D eigenvalue weighted by Crippen LogP contribution is 2.24. The number of aromatic nitrogens is 2. The second-order valence-electron chi connectivity index (χ2n) is 4.63. The smallest absolute Gasteiger partial charge is 0.241 e. The Morgan fingerprint density at radius 2 is 1.91 bits per heavy atom. The van der Waals surface area contributed by atoms with Crippen LogP contribution in [0.5, 0.6) is 0 Å². The number of hydrogen-bond donors (Lipinski definition) is 1. The van der Waals surface area contributed by atoms with Crippen LogP contribution in [0.25, 0.3) is 0 Å². The molecular formula is C13H14Cl2N4O2S. The standard InChI is InChI=1S/C13H14Cl2N4O2S/c1-19(2)13-5-6-16-12(18-13)8-17-22(20,21)9-3-4-10(14)11(15)7-9/h3-7,17H,8H2,1-2H3. The quantitative estimate of drug-likeness (QED) is 0.885. The van der Waals surface area contributed by atoms with Gasteiger partial charge in [0.15, 0.2) is 0 Å². The molecule has 0 atom stereocenters. The summed E-state index contributed by atoms with van der Waals surface area (Å²) in [5, 5.41) is 0.470. The van der Waals surface area contributed by atoms with Crippen LogP contribution in [-0.4, -0.2) is 32.5 Å². The van der Waals surface area contributed by atoms with Crippen molar-refractivity contribution in [1.29, 1.82) is 0 Å². The number of sulfonamides is 1. The Labute approximate surface area is 139 Å². The van der Waals surface area contributed by atoms with E-state index in [0.29, 0.717) is 16.7 Å². The normalized spacial score (nSPS) is 11.5. The van der Waals surface area contributed by atoms with Gasteiger partial charge in [-0.15, -0.1) is 0 Å².